The van der Waals surface area contributed by atoms with Gasteiger partial charge in [-0.2, -0.15) is 0 Å². The molecule has 0 spiro atoms. The molecule has 0 fully saturated rings. The average Bonchev–Trinajstić information content (AvgIpc) is 2.64. The minimum atomic E-state index is 0.319. The zero-order valence-corrected chi connectivity index (χ0v) is 8.93. The summed E-state index contributed by atoms with van der Waals surface area (Å²) in [5.74, 6) is 1.63. The molecule has 2 rings (SSSR count). The lowest BCUT2D eigenvalue weighted by Gasteiger charge is -2.03. The van der Waals surface area contributed by atoms with Crippen molar-refractivity contribution in [1.29, 1.82) is 0 Å². The van der Waals surface area contributed by atoms with Crippen LogP contribution >= 0.6 is 0 Å². The number of benzene rings is 1. The van der Waals surface area contributed by atoms with Crippen LogP contribution in [-0.4, -0.2) is 32.1 Å². The maximum Gasteiger partial charge on any atom is 0.231 e. The number of nitrogens with zero attached hydrogens (tertiary/aromatic N) is 2. The second-order valence-corrected chi connectivity index (χ2v) is 3.61. The van der Waals surface area contributed by atoms with Crippen LogP contribution in [0.25, 0.3) is 0 Å². The van der Waals surface area contributed by atoms with E-state index in [4.69, 9.17) is 9.47 Å². The molecule has 1 aliphatic rings. The molecule has 80 valence electrons. The lowest BCUT2D eigenvalue weighted by molar-refractivity contribution is 0.174. The third-order valence-electron chi connectivity index (χ3n) is 2.02. The topological polar surface area (TPSA) is 34.1 Å². The van der Waals surface area contributed by atoms with Crippen molar-refractivity contribution in [2.45, 2.75) is 6.54 Å². The second-order valence-electron chi connectivity index (χ2n) is 3.61. The minimum Gasteiger partial charge on any atom is -0.454 e. The van der Waals surface area contributed by atoms with Gasteiger partial charge in [-0.1, -0.05) is 6.07 Å². The van der Waals surface area contributed by atoms with Crippen molar-refractivity contribution in [3.05, 3.63) is 23.8 Å². The van der Waals surface area contributed by atoms with Crippen LogP contribution < -0.4 is 9.47 Å². The third-order valence-corrected chi connectivity index (χ3v) is 2.02. The number of hydrogen-bond acceptors (Lipinski definition) is 3. The van der Waals surface area contributed by atoms with Gasteiger partial charge in [0.15, 0.2) is 11.5 Å². The minimum absolute atomic E-state index is 0.319. The van der Waals surface area contributed by atoms with Crippen molar-refractivity contribution in [2.24, 2.45) is 4.99 Å². The molecule has 0 radical (unpaired) electrons. The Hall–Kier alpha value is -1.71. The van der Waals surface area contributed by atoms with E-state index >= 15 is 0 Å². The predicted molar refractivity (Wildman–Crippen MR) is 58.4 cm³/mol. The predicted octanol–water partition coefficient (Wildman–Crippen LogP) is 1.51. The highest BCUT2D eigenvalue weighted by Crippen LogP contribution is 2.32. The maximum atomic E-state index is 5.28. The monoisotopic (exact) mass is 206 g/mol. The Bertz CT molecular complexity index is 375. The summed E-state index contributed by atoms with van der Waals surface area (Å²) in [6, 6.07) is 5.89. The van der Waals surface area contributed by atoms with E-state index in [9.17, 15) is 0 Å². The number of aliphatic imine (C=N–C) groups is 1. The zero-order chi connectivity index (χ0) is 10.7. The maximum absolute atomic E-state index is 5.28. The molecular formula is C11H14N2O2. The van der Waals surface area contributed by atoms with E-state index in [0.717, 1.165) is 17.1 Å². The van der Waals surface area contributed by atoms with E-state index < -0.39 is 0 Å². The van der Waals surface area contributed by atoms with E-state index in [1.54, 1.807) is 6.34 Å². The summed E-state index contributed by atoms with van der Waals surface area (Å²) in [7, 11) is 3.90. The SMILES string of the molecule is CN(C)C=NCc1ccc2c(c1)OCO2. The number of fused-ring (bicyclic) bond motifs is 1. The molecule has 0 atom stereocenters. The van der Waals surface area contributed by atoms with Crippen LogP contribution in [-0.2, 0) is 6.54 Å². The van der Waals surface area contributed by atoms with Gasteiger partial charge in [-0.15, -0.1) is 0 Å². The highest BCUT2D eigenvalue weighted by atomic mass is 16.7. The molecule has 0 aromatic heterocycles. The quantitative estimate of drug-likeness (QED) is 0.555. The Kier molecular flexibility index (Phi) is 2.76. The molecule has 0 aliphatic carbocycles. The van der Waals surface area contributed by atoms with Gasteiger partial charge in [0.25, 0.3) is 0 Å². The van der Waals surface area contributed by atoms with Crippen LogP contribution in [0.5, 0.6) is 11.5 Å². The van der Waals surface area contributed by atoms with Crippen LogP contribution in [0.2, 0.25) is 0 Å². The normalized spacial score (nSPS) is 13.5. The first-order valence-corrected chi connectivity index (χ1v) is 4.80. The van der Waals surface area contributed by atoms with Gasteiger partial charge >= 0.3 is 0 Å². The van der Waals surface area contributed by atoms with Crippen LogP contribution in [0.4, 0.5) is 0 Å². The molecular weight excluding hydrogens is 192 g/mol. The molecule has 15 heavy (non-hydrogen) atoms. The van der Waals surface area contributed by atoms with Crippen molar-refractivity contribution in [2.75, 3.05) is 20.9 Å². The standard InChI is InChI=1S/C11H14N2O2/c1-13(2)7-12-6-9-3-4-10-11(5-9)15-8-14-10/h3-5,7H,6,8H2,1-2H3. The first-order valence-electron chi connectivity index (χ1n) is 4.80. The van der Waals surface area contributed by atoms with Gasteiger partial charge in [-0.3, -0.25) is 4.99 Å². The molecule has 1 aromatic carbocycles. The van der Waals surface area contributed by atoms with Crippen molar-refractivity contribution in [3.63, 3.8) is 0 Å². The molecule has 0 bridgehead atoms. The summed E-state index contributed by atoms with van der Waals surface area (Å²) in [4.78, 5) is 6.18. The van der Waals surface area contributed by atoms with Gasteiger partial charge in [0, 0.05) is 14.1 Å². The molecule has 0 N–H and O–H groups in total. The van der Waals surface area contributed by atoms with Crippen molar-refractivity contribution in [1.82, 2.24) is 4.90 Å². The Morgan fingerprint density at radius 3 is 2.93 bits per heavy atom. The first kappa shape index (κ1) is 9.83. The third kappa shape index (κ3) is 2.40. The highest BCUT2D eigenvalue weighted by Gasteiger charge is 2.12. The fourth-order valence-corrected chi connectivity index (χ4v) is 1.35. The van der Waals surface area contributed by atoms with E-state index in [2.05, 4.69) is 4.99 Å². The molecule has 4 heteroatoms. The molecule has 0 saturated carbocycles. The molecule has 1 aliphatic heterocycles. The van der Waals surface area contributed by atoms with E-state index in [0.29, 0.717) is 13.3 Å². The fraction of sp³-hybridized carbons (Fsp3) is 0.364. The van der Waals surface area contributed by atoms with Crippen LogP contribution in [0.15, 0.2) is 23.2 Å². The summed E-state index contributed by atoms with van der Waals surface area (Å²) >= 11 is 0. The summed E-state index contributed by atoms with van der Waals surface area (Å²) < 4.78 is 10.5. The summed E-state index contributed by atoms with van der Waals surface area (Å²) in [5.41, 5.74) is 1.12. The van der Waals surface area contributed by atoms with Gasteiger partial charge in [0.05, 0.1) is 12.9 Å². The Labute approximate surface area is 89.1 Å². The average molecular weight is 206 g/mol. The summed E-state index contributed by atoms with van der Waals surface area (Å²) in [6.45, 7) is 0.981. The molecule has 1 heterocycles. The fourth-order valence-electron chi connectivity index (χ4n) is 1.35. The smallest absolute Gasteiger partial charge is 0.231 e. The number of hydrogen-bond donors (Lipinski definition) is 0. The van der Waals surface area contributed by atoms with Crippen LogP contribution in [0.3, 0.4) is 0 Å². The van der Waals surface area contributed by atoms with Crippen molar-refractivity contribution in [3.8, 4) is 11.5 Å². The Morgan fingerprint density at radius 2 is 2.13 bits per heavy atom. The molecule has 0 amide bonds. The van der Waals surface area contributed by atoms with Gasteiger partial charge in [-0.05, 0) is 17.7 Å². The second kappa shape index (κ2) is 4.21. The van der Waals surface area contributed by atoms with E-state index in [1.165, 1.54) is 0 Å². The van der Waals surface area contributed by atoms with Gasteiger partial charge in [0.2, 0.25) is 6.79 Å². The van der Waals surface area contributed by atoms with E-state index in [1.807, 2.05) is 37.2 Å². The van der Waals surface area contributed by atoms with Gasteiger partial charge in [0.1, 0.15) is 0 Å². The lowest BCUT2D eigenvalue weighted by atomic mass is 10.2. The number of ether oxygens (including phenoxy) is 2. The highest BCUT2D eigenvalue weighted by molar-refractivity contribution is 5.54. The molecule has 0 unspecified atom stereocenters. The summed E-state index contributed by atoms with van der Waals surface area (Å²) in [5, 5.41) is 0. The van der Waals surface area contributed by atoms with Crippen LogP contribution in [0, 0.1) is 0 Å². The van der Waals surface area contributed by atoms with E-state index in [-0.39, 0.29) is 0 Å². The van der Waals surface area contributed by atoms with Crippen molar-refractivity contribution < 1.29 is 9.47 Å². The zero-order valence-electron chi connectivity index (χ0n) is 8.93. The van der Waals surface area contributed by atoms with Crippen molar-refractivity contribution >= 4 is 6.34 Å². The Morgan fingerprint density at radius 1 is 1.33 bits per heavy atom. The molecule has 4 nitrogen and oxygen atoms in total. The molecule has 0 saturated heterocycles. The summed E-state index contributed by atoms with van der Waals surface area (Å²) in [6.07, 6.45) is 1.80. The van der Waals surface area contributed by atoms with Crippen LogP contribution in [0.1, 0.15) is 5.56 Å². The largest absolute Gasteiger partial charge is 0.454 e. The molecule has 1 aromatic rings. The van der Waals surface area contributed by atoms with Gasteiger partial charge in [-0.25, -0.2) is 0 Å². The first-order chi connectivity index (χ1) is 7.25. The number of rotatable bonds is 3. The van der Waals surface area contributed by atoms with Gasteiger partial charge < -0.3 is 14.4 Å². The Balaban J connectivity index is 2.04. The lowest BCUT2D eigenvalue weighted by Crippen LogP contribution is -2.07.